The van der Waals surface area contributed by atoms with E-state index in [0.29, 0.717) is 6.04 Å². The van der Waals surface area contributed by atoms with E-state index in [1.165, 1.54) is 16.6 Å². The standard InChI is InChI=1S/C12H15N3/c1-2-4-10-9(3-1)7-11(15-10)12-8-13-5-6-14-12/h1-4,7,12-15H,5-6,8H2. The molecule has 2 heterocycles. The van der Waals surface area contributed by atoms with Crippen molar-refractivity contribution in [2.75, 3.05) is 19.6 Å². The number of piperazine rings is 1. The third kappa shape index (κ3) is 1.64. The highest BCUT2D eigenvalue weighted by atomic mass is 15.1. The van der Waals surface area contributed by atoms with Gasteiger partial charge in [-0.3, -0.25) is 0 Å². The second-order valence-corrected chi connectivity index (χ2v) is 4.02. The van der Waals surface area contributed by atoms with Crippen molar-refractivity contribution in [1.82, 2.24) is 15.6 Å². The maximum atomic E-state index is 3.50. The summed E-state index contributed by atoms with van der Waals surface area (Å²) >= 11 is 0. The van der Waals surface area contributed by atoms with E-state index < -0.39 is 0 Å². The molecular weight excluding hydrogens is 186 g/mol. The van der Waals surface area contributed by atoms with Crippen molar-refractivity contribution in [2.24, 2.45) is 0 Å². The summed E-state index contributed by atoms with van der Waals surface area (Å²) in [5, 5.41) is 8.19. The van der Waals surface area contributed by atoms with Gasteiger partial charge in [0.05, 0.1) is 6.04 Å². The number of benzene rings is 1. The maximum Gasteiger partial charge on any atom is 0.0600 e. The Morgan fingerprint density at radius 1 is 1.13 bits per heavy atom. The van der Waals surface area contributed by atoms with Crippen LogP contribution in [-0.2, 0) is 0 Å². The molecule has 3 rings (SSSR count). The number of H-pyrrole nitrogens is 1. The smallest absolute Gasteiger partial charge is 0.0600 e. The first-order valence-electron chi connectivity index (χ1n) is 5.45. The molecule has 0 amide bonds. The van der Waals surface area contributed by atoms with E-state index in [1.54, 1.807) is 0 Å². The predicted octanol–water partition coefficient (Wildman–Crippen LogP) is 1.40. The Morgan fingerprint density at radius 3 is 2.87 bits per heavy atom. The Kier molecular flexibility index (Phi) is 2.19. The molecule has 1 aliphatic rings. The van der Waals surface area contributed by atoms with E-state index in [-0.39, 0.29) is 0 Å². The number of para-hydroxylation sites is 1. The summed E-state index contributed by atoms with van der Waals surface area (Å²) in [4.78, 5) is 3.46. The zero-order valence-electron chi connectivity index (χ0n) is 8.59. The molecule has 15 heavy (non-hydrogen) atoms. The molecule has 0 saturated carbocycles. The van der Waals surface area contributed by atoms with Gasteiger partial charge in [0.25, 0.3) is 0 Å². The van der Waals surface area contributed by atoms with Crippen LogP contribution in [0.15, 0.2) is 30.3 Å². The third-order valence-corrected chi connectivity index (χ3v) is 2.97. The molecule has 1 aromatic carbocycles. The fourth-order valence-corrected chi connectivity index (χ4v) is 2.16. The lowest BCUT2D eigenvalue weighted by Crippen LogP contribution is -2.42. The molecule has 3 nitrogen and oxygen atoms in total. The molecule has 1 fully saturated rings. The van der Waals surface area contributed by atoms with E-state index >= 15 is 0 Å². The first kappa shape index (κ1) is 8.95. The highest BCUT2D eigenvalue weighted by molar-refractivity contribution is 5.80. The molecule has 0 spiro atoms. The average molecular weight is 201 g/mol. The fourth-order valence-electron chi connectivity index (χ4n) is 2.16. The second-order valence-electron chi connectivity index (χ2n) is 4.02. The molecule has 1 aromatic heterocycles. The van der Waals surface area contributed by atoms with E-state index in [0.717, 1.165) is 19.6 Å². The number of aromatic nitrogens is 1. The van der Waals surface area contributed by atoms with Gasteiger partial charge in [-0.05, 0) is 17.5 Å². The van der Waals surface area contributed by atoms with Crippen LogP contribution in [0.2, 0.25) is 0 Å². The van der Waals surface area contributed by atoms with Crippen molar-refractivity contribution in [1.29, 1.82) is 0 Å². The lowest BCUT2D eigenvalue weighted by Gasteiger charge is -2.23. The van der Waals surface area contributed by atoms with Gasteiger partial charge >= 0.3 is 0 Å². The summed E-state index contributed by atoms with van der Waals surface area (Å²) in [5.41, 5.74) is 2.50. The summed E-state index contributed by atoms with van der Waals surface area (Å²) in [6, 6.07) is 11.1. The predicted molar refractivity (Wildman–Crippen MR) is 61.9 cm³/mol. The number of hydrogen-bond acceptors (Lipinski definition) is 2. The zero-order valence-corrected chi connectivity index (χ0v) is 8.59. The Hall–Kier alpha value is -1.32. The zero-order chi connectivity index (χ0) is 10.1. The van der Waals surface area contributed by atoms with Crippen molar-refractivity contribution in [2.45, 2.75) is 6.04 Å². The van der Waals surface area contributed by atoms with Crippen LogP contribution in [0.3, 0.4) is 0 Å². The summed E-state index contributed by atoms with van der Waals surface area (Å²) < 4.78 is 0. The molecule has 1 unspecified atom stereocenters. The van der Waals surface area contributed by atoms with Crippen LogP contribution in [0.4, 0.5) is 0 Å². The molecule has 78 valence electrons. The molecule has 3 N–H and O–H groups in total. The Balaban J connectivity index is 1.96. The van der Waals surface area contributed by atoms with Crippen molar-refractivity contribution < 1.29 is 0 Å². The number of fused-ring (bicyclic) bond motifs is 1. The van der Waals surface area contributed by atoms with Crippen LogP contribution >= 0.6 is 0 Å². The van der Waals surface area contributed by atoms with Gasteiger partial charge in [-0.25, -0.2) is 0 Å². The molecule has 0 bridgehead atoms. The normalized spacial score (nSPS) is 22.0. The Morgan fingerprint density at radius 2 is 2.07 bits per heavy atom. The van der Waals surface area contributed by atoms with Crippen LogP contribution in [0.25, 0.3) is 10.9 Å². The first-order chi connectivity index (χ1) is 7.43. The summed E-state index contributed by atoms with van der Waals surface area (Å²) in [6.07, 6.45) is 0. The minimum Gasteiger partial charge on any atom is -0.357 e. The quantitative estimate of drug-likeness (QED) is 0.652. The first-order valence-corrected chi connectivity index (χ1v) is 5.45. The highest BCUT2D eigenvalue weighted by Crippen LogP contribution is 2.20. The van der Waals surface area contributed by atoms with Gasteiger partial charge in [-0.15, -0.1) is 0 Å². The number of hydrogen-bond donors (Lipinski definition) is 3. The Bertz CT molecular complexity index is 422. The molecule has 0 radical (unpaired) electrons. The fraction of sp³-hybridized carbons (Fsp3) is 0.333. The summed E-state index contributed by atoms with van der Waals surface area (Å²) in [5.74, 6) is 0. The molecule has 0 aliphatic carbocycles. The van der Waals surface area contributed by atoms with Crippen molar-refractivity contribution >= 4 is 10.9 Å². The molecule has 3 heteroatoms. The van der Waals surface area contributed by atoms with Gasteiger partial charge in [-0.1, -0.05) is 18.2 Å². The van der Waals surface area contributed by atoms with E-state index in [9.17, 15) is 0 Å². The van der Waals surface area contributed by atoms with E-state index in [1.807, 2.05) is 0 Å². The minimum absolute atomic E-state index is 0.422. The average Bonchev–Trinajstić information content (AvgIpc) is 2.74. The van der Waals surface area contributed by atoms with Crippen molar-refractivity contribution in [3.63, 3.8) is 0 Å². The number of rotatable bonds is 1. The van der Waals surface area contributed by atoms with Crippen molar-refractivity contribution in [3.8, 4) is 0 Å². The molecule has 2 aromatic rings. The van der Waals surface area contributed by atoms with Crippen molar-refractivity contribution in [3.05, 3.63) is 36.0 Å². The van der Waals surface area contributed by atoms with E-state index in [4.69, 9.17) is 0 Å². The van der Waals surface area contributed by atoms with Crippen LogP contribution in [-0.4, -0.2) is 24.6 Å². The van der Waals surface area contributed by atoms with Crippen LogP contribution < -0.4 is 10.6 Å². The molecular formula is C12H15N3. The van der Waals surface area contributed by atoms with Gasteiger partial charge in [0.1, 0.15) is 0 Å². The lowest BCUT2D eigenvalue weighted by atomic mass is 10.1. The van der Waals surface area contributed by atoms with Gasteiger partial charge in [0.2, 0.25) is 0 Å². The van der Waals surface area contributed by atoms with Crippen LogP contribution in [0, 0.1) is 0 Å². The lowest BCUT2D eigenvalue weighted by molar-refractivity contribution is 0.425. The molecule has 1 atom stereocenters. The Labute approximate surface area is 88.9 Å². The maximum absolute atomic E-state index is 3.50. The third-order valence-electron chi connectivity index (χ3n) is 2.97. The SMILES string of the molecule is c1ccc2[nH]c(C3CNCCN3)cc2c1. The van der Waals surface area contributed by atoms with E-state index in [2.05, 4.69) is 45.9 Å². The topological polar surface area (TPSA) is 39.9 Å². The molecule has 1 saturated heterocycles. The number of aromatic amines is 1. The minimum atomic E-state index is 0.422. The monoisotopic (exact) mass is 201 g/mol. The molecule has 1 aliphatic heterocycles. The second kappa shape index (κ2) is 3.68. The number of nitrogens with one attached hydrogen (secondary N) is 3. The van der Waals surface area contributed by atoms with Gasteiger partial charge in [0, 0.05) is 30.8 Å². The van der Waals surface area contributed by atoms with Gasteiger partial charge in [0.15, 0.2) is 0 Å². The van der Waals surface area contributed by atoms with Gasteiger partial charge in [-0.2, -0.15) is 0 Å². The summed E-state index contributed by atoms with van der Waals surface area (Å²) in [6.45, 7) is 3.11. The summed E-state index contributed by atoms with van der Waals surface area (Å²) in [7, 11) is 0. The largest absolute Gasteiger partial charge is 0.357 e. The van der Waals surface area contributed by atoms with Gasteiger partial charge < -0.3 is 15.6 Å². The van der Waals surface area contributed by atoms with Crippen LogP contribution in [0.1, 0.15) is 11.7 Å². The van der Waals surface area contributed by atoms with Crippen LogP contribution in [0.5, 0.6) is 0 Å². The highest BCUT2D eigenvalue weighted by Gasteiger charge is 2.15.